The first-order chi connectivity index (χ1) is 9.90. The molecule has 1 aliphatic heterocycles. The second kappa shape index (κ2) is 4.79. The molecular formula is C15H16F2N2O2. The first-order valence-electron chi connectivity index (χ1n) is 6.99. The molecule has 1 saturated carbocycles. The number of halogens is 2. The van der Waals surface area contributed by atoms with Gasteiger partial charge in [-0.05, 0) is 37.8 Å². The van der Waals surface area contributed by atoms with Crippen molar-refractivity contribution in [3.8, 4) is 0 Å². The number of nitrogens with zero attached hydrogens (tertiary/aromatic N) is 1. The fourth-order valence-electron chi connectivity index (χ4n) is 2.88. The lowest BCUT2D eigenvalue weighted by molar-refractivity contribution is -0.130. The van der Waals surface area contributed by atoms with Gasteiger partial charge in [-0.1, -0.05) is 0 Å². The van der Waals surface area contributed by atoms with Crippen molar-refractivity contribution in [1.29, 1.82) is 0 Å². The summed E-state index contributed by atoms with van der Waals surface area (Å²) in [6, 6.07) is 2.99. The first kappa shape index (κ1) is 14.0. The third-order valence-corrected chi connectivity index (χ3v) is 4.20. The number of amides is 2. The molecule has 2 amide bonds. The molecule has 1 unspecified atom stereocenters. The molecular weight excluding hydrogens is 278 g/mol. The number of benzene rings is 1. The second-order valence-electron chi connectivity index (χ2n) is 5.86. The van der Waals surface area contributed by atoms with Gasteiger partial charge < -0.3 is 10.2 Å². The largest absolute Gasteiger partial charge is 0.342 e. The Hall–Kier alpha value is -1.98. The molecule has 0 aromatic heterocycles. The fourth-order valence-corrected chi connectivity index (χ4v) is 2.88. The van der Waals surface area contributed by atoms with Gasteiger partial charge in [0.2, 0.25) is 5.91 Å². The summed E-state index contributed by atoms with van der Waals surface area (Å²) in [5, 5.41) is 2.78. The smallest absolute Gasteiger partial charge is 0.252 e. The standard InChI is InChI=1S/C15H16F2N2O2/c1-15(9-2-3-9)14(21)19(5-4-13(20)18-15)12-7-10(16)6-11(17)8-12/h6-9H,2-5H2,1H3,(H,18,20). The van der Waals surface area contributed by atoms with Crippen molar-refractivity contribution in [3.63, 3.8) is 0 Å². The minimum absolute atomic E-state index is 0.0907. The van der Waals surface area contributed by atoms with Crippen LogP contribution in [-0.2, 0) is 9.59 Å². The average Bonchev–Trinajstić information content (AvgIpc) is 3.21. The Morgan fingerprint density at radius 2 is 1.81 bits per heavy atom. The van der Waals surface area contributed by atoms with Crippen LogP contribution in [0.2, 0.25) is 0 Å². The lowest BCUT2D eigenvalue weighted by Gasteiger charge is -2.32. The van der Waals surface area contributed by atoms with Crippen LogP contribution in [0.5, 0.6) is 0 Å². The monoisotopic (exact) mass is 294 g/mol. The molecule has 0 radical (unpaired) electrons. The average molecular weight is 294 g/mol. The zero-order valence-corrected chi connectivity index (χ0v) is 11.7. The van der Waals surface area contributed by atoms with Crippen molar-refractivity contribution in [1.82, 2.24) is 5.32 Å². The molecule has 1 heterocycles. The van der Waals surface area contributed by atoms with Crippen LogP contribution in [0.3, 0.4) is 0 Å². The summed E-state index contributed by atoms with van der Waals surface area (Å²) in [4.78, 5) is 25.9. The molecule has 0 spiro atoms. The molecule has 3 rings (SSSR count). The van der Waals surface area contributed by atoms with Gasteiger partial charge in [0.05, 0.1) is 0 Å². The zero-order valence-electron chi connectivity index (χ0n) is 11.7. The second-order valence-corrected chi connectivity index (χ2v) is 5.86. The highest BCUT2D eigenvalue weighted by Gasteiger charge is 2.51. The number of hydrogen-bond donors (Lipinski definition) is 1. The van der Waals surface area contributed by atoms with Gasteiger partial charge in [0.15, 0.2) is 0 Å². The van der Waals surface area contributed by atoms with Gasteiger partial charge in [-0.25, -0.2) is 8.78 Å². The molecule has 21 heavy (non-hydrogen) atoms. The van der Waals surface area contributed by atoms with Crippen LogP contribution < -0.4 is 10.2 Å². The Morgan fingerprint density at radius 3 is 2.38 bits per heavy atom. The summed E-state index contributed by atoms with van der Waals surface area (Å²) in [6.45, 7) is 1.81. The maximum Gasteiger partial charge on any atom is 0.252 e. The summed E-state index contributed by atoms with van der Waals surface area (Å²) >= 11 is 0. The molecule has 2 fully saturated rings. The van der Waals surface area contributed by atoms with E-state index in [4.69, 9.17) is 0 Å². The maximum atomic E-state index is 13.4. The van der Waals surface area contributed by atoms with Gasteiger partial charge in [0.1, 0.15) is 17.2 Å². The van der Waals surface area contributed by atoms with E-state index >= 15 is 0 Å². The van der Waals surface area contributed by atoms with E-state index in [1.807, 2.05) is 0 Å². The summed E-state index contributed by atoms with van der Waals surface area (Å²) in [5.41, 5.74) is -0.836. The van der Waals surface area contributed by atoms with Crippen molar-refractivity contribution in [2.75, 3.05) is 11.4 Å². The van der Waals surface area contributed by atoms with Gasteiger partial charge >= 0.3 is 0 Å². The van der Waals surface area contributed by atoms with Crippen LogP contribution in [0.1, 0.15) is 26.2 Å². The molecule has 1 N–H and O–H groups in total. The zero-order chi connectivity index (χ0) is 15.2. The third kappa shape index (κ3) is 2.50. The van der Waals surface area contributed by atoms with E-state index in [9.17, 15) is 18.4 Å². The number of carbonyl (C=O) groups is 2. The third-order valence-electron chi connectivity index (χ3n) is 4.20. The van der Waals surface area contributed by atoms with Gasteiger partial charge in [0.25, 0.3) is 5.91 Å². The Labute approximate surface area is 121 Å². The molecule has 4 nitrogen and oxygen atoms in total. The fraction of sp³-hybridized carbons (Fsp3) is 0.467. The number of anilines is 1. The highest BCUT2D eigenvalue weighted by atomic mass is 19.1. The molecule has 1 aromatic rings. The normalized spacial score (nSPS) is 26.5. The molecule has 1 saturated heterocycles. The van der Waals surface area contributed by atoms with E-state index in [0.717, 1.165) is 31.0 Å². The minimum Gasteiger partial charge on any atom is -0.342 e. The van der Waals surface area contributed by atoms with Crippen molar-refractivity contribution < 1.29 is 18.4 Å². The summed E-state index contributed by atoms with van der Waals surface area (Å²) in [7, 11) is 0. The summed E-state index contributed by atoms with van der Waals surface area (Å²) < 4.78 is 26.8. The van der Waals surface area contributed by atoms with E-state index < -0.39 is 17.2 Å². The van der Waals surface area contributed by atoms with Gasteiger partial charge in [-0.3, -0.25) is 9.59 Å². The molecule has 1 aliphatic carbocycles. The lowest BCUT2D eigenvalue weighted by atomic mass is 9.94. The number of rotatable bonds is 2. The van der Waals surface area contributed by atoms with Crippen molar-refractivity contribution >= 4 is 17.5 Å². The van der Waals surface area contributed by atoms with E-state index in [-0.39, 0.29) is 36.4 Å². The van der Waals surface area contributed by atoms with Crippen LogP contribution in [0, 0.1) is 17.6 Å². The topological polar surface area (TPSA) is 49.4 Å². The SMILES string of the molecule is CC1(C2CC2)NC(=O)CCN(c2cc(F)cc(F)c2)C1=O. The Balaban J connectivity index is 2.00. The van der Waals surface area contributed by atoms with E-state index in [1.54, 1.807) is 6.92 Å². The highest BCUT2D eigenvalue weighted by molar-refractivity contribution is 6.04. The summed E-state index contributed by atoms with van der Waals surface area (Å²) in [6.07, 6.45) is 1.86. The van der Waals surface area contributed by atoms with Crippen LogP contribution in [-0.4, -0.2) is 23.9 Å². The van der Waals surface area contributed by atoms with Crippen molar-refractivity contribution in [2.24, 2.45) is 5.92 Å². The number of carbonyl (C=O) groups excluding carboxylic acids is 2. The highest BCUT2D eigenvalue weighted by Crippen LogP contribution is 2.42. The number of nitrogens with one attached hydrogen (secondary N) is 1. The van der Waals surface area contributed by atoms with Crippen LogP contribution in [0.4, 0.5) is 14.5 Å². The van der Waals surface area contributed by atoms with E-state index in [2.05, 4.69) is 5.32 Å². The Kier molecular flexibility index (Phi) is 3.19. The maximum absolute atomic E-state index is 13.4. The Bertz CT molecular complexity index is 595. The van der Waals surface area contributed by atoms with Gasteiger partial charge in [0, 0.05) is 24.7 Å². The summed E-state index contributed by atoms with van der Waals surface area (Å²) in [5.74, 6) is -1.91. The predicted molar refractivity (Wildman–Crippen MR) is 72.6 cm³/mol. The van der Waals surface area contributed by atoms with E-state index in [0.29, 0.717) is 0 Å². The molecule has 1 atom stereocenters. The molecule has 0 bridgehead atoms. The van der Waals surface area contributed by atoms with Gasteiger partial charge in [-0.2, -0.15) is 0 Å². The Morgan fingerprint density at radius 1 is 1.19 bits per heavy atom. The van der Waals surface area contributed by atoms with Crippen LogP contribution in [0.25, 0.3) is 0 Å². The molecule has 2 aliphatic rings. The lowest BCUT2D eigenvalue weighted by Crippen LogP contribution is -2.56. The molecule has 1 aromatic carbocycles. The van der Waals surface area contributed by atoms with Crippen LogP contribution >= 0.6 is 0 Å². The molecule has 6 heteroatoms. The first-order valence-corrected chi connectivity index (χ1v) is 6.99. The van der Waals surface area contributed by atoms with Crippen molar-refractivity contribution in [3.05, 3.63) is 29.8 Å². The van der Waals surface area contributed by atoms with Crippen molar-refractivity contribution in [2.45, 2.75) is 31.7 Å². The quantitative estimate of drug-likeness (QED) is 0.907. The van der Waals surface area contributed by atoms with E-state index in [1.165, 1.54) is 4.90 Å². The molecule has 112 valence electrons. The predicted octanol–water partition coefficient (Wildman–Crippen LogP) is 1.99. The van der Waals surface area contributed by atoms with Gasteiger partial charge in [-0.15, -0.1) is 0 Å². The minimum atomic E-state index is -0.990. The van der Waals surface area contributed by atoms with Crippen LogP contribution in [0.15, 0.2) is 18.2 Å². The number of hydrogen-bond acceptors (Lipinski definition) is 2.